The average molecular weight is 1070 g/mol. The minimum Gasteiger partial charge on any atom is -0.505 e. The van der Waals surface area contributed by atoms with Crippen LogP contribution in [0, 0.1) is 0 Å². The largest absolute Gasteiger partial charge is 0.505 e. The molecule has 8 nitrogen and oxygen atoms in total. The number of rotatable bonds is 15. The summed E-state index contributed by atoms with van der Waals surface area (Å²) in [5, 5.41) is 42.3. The van der Waals surface area contributed by atoms with Crippen LogP contribution in [0.3, 0.4) is 0 Å². The molecule has 0 aromatic heterocycles. The maximum atomic E-state index is 9.63. The molecule has 9 aromatic carbocycles. The number of halogens is 6. The third-order valence-electron chi connectivity index (χ3n) is 10.7. The number of nitrogens with one attached hydrogen (secondary N) is 3. The van der Waals surface area contributed by atoms with Crippen molar-refractivity contribution in [2.75, 3.05) is 16.0 Å². The van der Waals surface area contributed by atoms with Gasteiger partial charge in [-0.05, 0) is 87.6 Å². The minimum atomic E-state index is -0.111. The van der Waals surface area contributed by atoms with Crippen molar-refractivity contribution in [3.63, 3.8) is 0 Å². The van der Waals surface area contributed by atoms with Gasteiger partial charge >= 0.3 is 0 Å². The van der Waals surface area contributed by atoms with Crippen molar-refractivity contribution in [1.29, 1.82) is 0 Å². The molecule has 0 radical (unpaired) electrons. The number of fused-ring (bicyclic) bond motifs is 1. The van der Waals surface area contributed by atoms with Gasteiger partial charge < -0.3 is 40.7 Å². The van der Waals surface area contributed by atoms with E-state index in [1.165, 1.54) is 16.3 Å². The van der Waals surface area contributed by atoms with Crippen LogP contribution in [0.4, 0.5) is 17.1 Å². The van der Waals surface area contributed by atoms with Crippen LogP contribution in [0.15, 0.2) is 188 Å². The first-order valence-electron chi connectivity index (χ1n) is 22.1. The maximum absolute atomic E-state index is 9.63. The van der Waals surface area contributed by atoms with Gasteiger partial charge in [-0.1, -0.05) is 203 Å². The molecule has 0 amide bonds. The summed E-state index contributed by atoms with van der Waals surface area (Å²) in [5.74, 6) is 1.32. The highest BCUT2D eigenvalue weighted by atomic mass is 35.5. The number of phenols is 3. The van der Waals surface area contributed by atoms with Gasteiger partial charge in [0.15, 0.2) is 17.2 Å². The Morgan fingerprint density at radius 1 is 0.352 bits per heavy atom. The maximum Gasteiger partial charge on any atom is 0.152 e. The molecule has 0 atom stereocenters. The summed E-state index contributed by atoms with van der Waals surface area (Å²) in [4.78, 5) is 0. The number of aromatic hydroxyl groups is 3. The molecule has 9 rings (SSSR count). The lowest BCUT2D eigenvalue weighted by molar-refractivity contribution is 0.303. The molecule has 0 heterocycles. The van der Waals surface area contributed by atoms with E-state index in [0.29, 0.717) is 32.8 Å². The van der Waals surface area contributed by atoms with Gasteiger partial charge in [-0.3, -0.25) is 0 Å². The summed E-state index contributed by atoms with van der Waals surface area (Å²) in [6.45, 7) is 2.82. The molecule has 71 heavy (non-hydrogen) atoms. The summed E-state index contributed by atoms with van der Waals surface area (Å²) >= 11 is 35.6. The summed E-state index contributed by atoms with van der Waals surface area (Å²) < 4.78 is 11.8. The molecule has 9 aromatic rings. The van der Waals surface area contributed by atoms with Crippen LogP contribution in [-0.2, 0) is 32.8 Å². The Balaban J connectivity index is 0.000000157. The third-order valence-corrected chi connectivity index (χ3v) is 12.5. The number of hydrogen-bond acceptors (Lipinski definition) is 8. The lowest BCUT2D eigenvalue weighted by Crippen LogP contribution is -2.03. The molecule has 0 bridgehead atoms. The lowest BCUT2D eigenvalue weighted by Gasteiger charge is -2.13. The monoisotopic (exact) mass is 1060 g/mol. The highest BCUT2D eigenvalue weighted by molar-refractivity contribution is 6.38. The number of para-hydroxylation sites is 1. The van der Waals surface area contributed by atoms with E-state index in [1.54, 1.807) is 36.4 Å². The summed E-state index contributed by atoms with van der Waals surface area (Å²) in [5.41, 5.74) is 7.74. The first-order valence-corrected chi connectivity index (χ1v) is 24.4. The average Bonchev–Trinajstić information content (AvgIpc) is 3.39. The van der Waals surface area contributed by atoms with Gasteiger partial charge in [0.25, 0.3) is 0 Å². The van der Waals surface area contributed by atoms with E-state index in [1.807, 2.05) is 127 Å². The van der Waals surface area contributed by atoms with Crippen molar-refractivity contribution in [3.8, 4) is 28.7 Å². The quantitative estimate of drug-likeness (QED) is 0.0563. The molecule has 0 saturated heterocycles. The van der Waals surface area contributed by atoms with Crippen molar-refractivity contribution in [2.45, 2.75) is 32.8 Å². The predicted molar refractivity (Wildman–Crippen MR) is 295 cm³/mol. The Hall–Kier alpha value is -6.62. The number of phenolic OH excluding ortho intramolecular Hbond substituents is 3. The Bertz CT molecular complexity index is 3110. The molecule has 14 heteroatoms. The Labute approximate surface area is 442 Å². The molecule has 0 aliphatic carbocycles. The zero-order valence-electron chi connectivity index (χ0n) is 37.9. The summed E-state index contributed by atoms with van der Waals surface area (Å²) in [6, 6.07) is 60.1. The first-order chi connectivity index (χ1) is 34.4. The molecule has 0 aliphatic heterocycles. The molecule has 0 saturated carbocycles. The van der Waals surface area contributed by atoms with Gasteiger partial charge in [-0.2, -0.15) is 0 Å². The lowest BCUT2D eigenvalue weighted by atomic mass is 10.0. The topological polar surface area (TPSA) is 115 Å². The normalized spacial score (nSPS) is 10.6. The van der Waals surface area contributed by atoms with Crippen molar-refractivity contribution in [1.82, 2.24) is 0 Å². The zero-order valence-corrected chi connectivity index (χ0v) is 42.4. The van der Waals surface area contributed by atoms with Gasteiger partial charge in [0.05, 0.1) is 30.1 Å². The van der Waals surface area contributed by atoms with E-state index in [4.69, 9.17) is 79.1 Å². The minimum absolute atomic E-state index is 0.0888. The van der Waals surface area contributed by atoms with Gasteiger partial charge in [-0.15, -0.1) is 0 Å². The summed E-state index contributed by atoms with van der Waals surface area (Å²) in [7, 11) is 0. The molecule has 0 unspecified atom stereocenters. The van der Waals surface area contributed by atoms with Crippen molar-refractivity contribution in [3.05, 3.63) is 246 Å². The molecular formula is C57H47Cl6N3O5. The Morgan fingerprint density at radius 3 is 1.30 bits per heavy atom. The van der Waals surface area contributed by atoms with E-state index >= 15 is 0 Å². The highest BCUT2D eigenvalue weighted by Gasteiger charge is 2.11. The van der Waals surface area contributed by atoms with E-state index in [9.17, 15) is 15.3 Å². The smallest absolute Gasteiger partial charge is 0.152 e. The number of ether oxygens (including phenoxy) is 2. The SMILES string of the molecule is Oc1c(Cl)cc(NCc2cccc(OCc3ccccc3)c2)cc1Cl.Oc1c(Cl)cc(NCc2cccc3ccccc23)cc1Cl.Oc1c(Cl)cc(NCc2ccccc2OCc2ccccc2)cc1Cl. The summed E-state index contributed by atoms with van der Waals surface area (Å²) in [6.07, 6.45) is 0. The number of benzene rings is 9. The third kappa shape index (κ3) is 15.4. The van der Waals surface area contributed by atoms with Crippen LogP contribution in [0.5, 0.6) is 28.7 Å². The number of anilines is 3. The van der Waals surface area contributed by atoms with Crippen LogP contribution in [-0.4, -0.2) is 15.3 Å². The van der Waals surface area contributed by atoms with Crippen LogP contribution >= 0.6 is 69.6 Å². The second-order valence-corrected chi connectivity index (χ2v) is 18.3. The van der Waals surface area contributed by atoms with Crippen LogP contribution < -0.4 is 25.4 Å². The molecule has 0 aliphatic rings. The number of hydrogen-bond donors (Lipinski definition) is 6. The Kier molecular flexibility index (Phi) is 19.1. The predicted octanol–water partition coefficient (Wildman–Crippen LogP) is 17.2. The first kappa shape index (κ1) is 52.2. The van der Waals surface area contributed by atoms with E-state index in [0.717, 1.165) is 50.8 Å². The highest BCUT2D eigenvalue weighted by Crippen LogP contribution is 2.37. The van der Waals surface area contributed by atoms with Gasteiger partial charge in [0.1, 0.15) is 24.7 Å². The molecular weight excluding hydrogens is 1020 g/mol. The van der Waals surface area contributed by atoms with E-state index in [-0.39, 0.29) is 47.4 Å². The van der Waals surface area contributed by atoms with Crippen LogP contribution in [0.2, 0.25) is 30.1 Å². The Morgan fingerprint density at radius 2 is 0.746 bits per heavy atom. The molecule has 6 N–H and O–H groups in total. The van der Waals surface area contributed by atoms with Gasteiger partial charge in [-0.25, -0.2) is 0 Å². The second-order valence-electron chi connectivity index (χ2n) is 15.9. The van der Waals surface area contributed by atoms with Crippen LogP contribution in [0.25, 0.3) is 10.8 Å². The standard InChI is InChI=1S/2C20H17Cl2NO2.C17H13Cl2NO/c21-17-10-16(11-18(22)20(17)24)23-12-15-8-4-5-9-19(15)25-13-14-6-2-1-3-7-14;21-18-10-16(11-19(22)20(18)24)23-12-15-7-4-8-17(9-15)25-13-14-5-2-1-3-6-14;18-15-8-13(9-16(19)17(15)21)20-10-12-6-3-5-11-4-1-2-7-14(11)12/h2*1-11,23-24H,12-13H2;1-9,20-21H,10H2. The second kappa shape index (κ2) is 26.0. The van der Waals surface area contributed by atoms with Crippen molar-refractivity contribution >= 4 is 97.4 Å². The fraction of sp³-hybridized carbons (Fsp3) is 0.0877. The fourth-order valence-electron chi connectivity index (χ4n) is 7.06. The van der Waals surface area contributed by atoms with E-state index in [2.05, 4.69) is 40.2 Å². The van der Waals surface area contributed by atoms with E-state index < -0.39 is 0 Å². The molecule has 0 fully saturated rings. The fourth-order valence-corrected chi connectivity index (χ4v) is 8.52. The van der Waals surface area contributed by atoms with Crippen molar-refractivity contribution in [2.24, 2.45) is 0 Å². The van der Waals surface area contributed by atoms with Gasteiger partial charge in [0, 0.05) is 42.3 Å². The molecule has 362 valence electrons. The molecule has 0 spiro atoms. The van der Waals surface area contributed by atoms with Crippen LogP contribution in [0.1, 0.15) is 27.8 Å². The van der Waals surface area contributed by atoms with Crippen molar-refractivity contribution < 1.29 is 24.8 Å². The van der Waals surface area contributed by atoms with Gasteiger partial charge in [0.2, 0.25) is 0 Å². The zero-order chi connectivity index (χ0) is 50.1.